The fourth-order valence-corrected chi connectivity index (χ4v) is 3.47. The molecule has 0 radical (unpaired) electrons. The maximum atomic E-state index is 13.0. The van der Waals surface area contributed by atoms with Crippen LogP contribution < -0.4 is 5.32 Å². The number of amides is 3. The summed E-state index contributed by atoms with van der Waals surface area (Å²) in [6.45, 7) is 7.99. The number of carbonyl (C=O) groups excluding carboxylic acids is 3. The Kier molecular flexibility index (Phi) is 7.09. The Labute approximate surface area is 174 Å². The second-order valence-corrected chi connectivity index (χ2v) is 8.90. The van der Waals surface area contributed by atoms with Gasteiger partial charge < -0.3 is 19.9 Å². The summed E-state index contributed by atoms with van der Waals surface area (Å²) >= 11 is 3.36. The minimum absolute atomic E-state index is 0.0265. The summed E-state index contributed by atoms with van der Waals surface area (Å²) in [5, 5.41) is 2.71. The first-order valence-electron chi connectivity index (χ1n) is 9.30. The Bertz CT molecular complexity index is 752. The van der Waals surface area contributed by atoms with Crippen LogP contribution in [-0.2, 0) is 9.53 Å². The van der Waals surface area contributed by atoms with Crippen molar-refractivity contribution in [3.8, 4) is 0 Å². The van der Waals surface area contributed by atoms with Crippen LogP contribution in [0.25, 0.3) is 0 Å². The number of hydrogen-bond acceptors (Lipinski definition) is 4. The molecule has 1 N–H and O–H groups in total. The second-order valence-electron chi connectivity index (χ2n) is 7.99. The molecule has 1 aliphatic heterocycles. The van der Waals surface area contributed by atoms with E-state index in [2.05, 4.69) is 21.2 Å². The number of likely N-dealkylation sites (tertiary alicyclic amines) is 1. The van der Waals surface area contributed by atoms with Gasteiger partial charge in [-0.15, -0.1) is 0 Å². The van der Waals surface area contributed by atoms with Crippen molar-refractivity contribution in [2.75, 3.05) is 25.5 Å². The third-order valence-corrected chi connectivity index (χ3v) is 5.00. The lowest BCUT2D eigenvalue weighted by atomic mass is 10.0. The number of benzene rings is 1. The molecule has 0 bridgehead atoms. The van der Waals surface area contributed by atoms with E-state index in [0.29, 0.717) is 37.2 Å². The molecule has 28 heavy (non-hydrogen) atoms. The largest absolute Gasteiger partial charge is 0.444 e. The molecular formula is C20H28BrN3O4. The molecule has 1 aromatic rings. The number of anilines is 1. The number of ether oxygens (including phenoxy) is 1. The van der Waals surface area contributed by atoms with E-state index in [-0.39, 0.29) is 23.9 Å². The van der Waals surface area contributed by atoms with Gasteiger partial charge in [0.05, 0.1) is 11.3 Å². The highest BCUT2D eigenvalue weighted by Crippen LogP contribution is 2.25. The Morgan fingerprint density at radius 2 is 1.82 bits per heavy atom. The topological polar surface area (TPSA) is 79.0 Å². The molecule has 0 aromatic heterocycles. The summed E-state index contributed by atoms with van der Waals surface area (Å²) in [7, 11) is 1.74. The lowest BCUT2D eigenvalue weighted by Crippen LogP contribution is -2.48. The van der Waals surface area contributed by atoms with Gasteiger partial charge in [-0.25, -0.2) is 4.79 Å². The molecule has 1 aliphatic rings. The van der Waals surface area contributed by atoms with Crippen LogP contribution >= 0.6 is 15.9 Å². The van der Waals surface area contributed by atoms with Crippen LogP contribution in [0.15, 0.2) is 22.7 Å². The first-order chi connectivity index (χ1) is 13.0. The highest BCUT2D eigenvalue weighted by atomic mass is 79.9. The normalized spacial score (nSPS) is 15.1. The number of carbonyl (C=O) groups is 3. The first kappa shape index (κ1) is 22.2. The van der Waals surface area contributed by atoms with Gasteiger partial charge in [-0.05, 0) is 51.8 Å². The van der Waals surface area contributed by atoms with Crippen LogP contribution in [0.3, 0.4) is 0 Å². The van der Waals surface area contributed by atoms with E-state index in [0.717, 1.165) is 4.47 Å². The van der Waals surface area contributed by atoms with Crippen molar-refractivity contribution in [3.05, 3.63) is 28.2 Å². The predicted molar refractivity (Wildman–Crippen MR) is 111 cm³/mol. The summed E-state index contributed by atoms with van der Waals surface area (Å²) in [5.41, 5.74) is 0.404. The van der Waals surface area contributed by atoms with Gasteiger partial charge in [0, 0.05) is 37.6 Å². The molecule has 0 saturated carbocycles. The van der Waals surface area contributed by atoms with Crippen LogP contribution in [-0.4, -0.2) is 59.5 Å². The zero-order valence-corrected chi connectivity index (χ0v) is 18.6. The van der Waals surface area contributed by atoms with Crippen LogP contribution in [0, 0.1) is 0 Å². The molecule has 0 aliphatic carbocycles. The standard InChI is InChI=1S/C20H28BrN3O4/c1-13(25)22-17-12-14(21)6-7-16(17)18(26)24-10-8-15(9-11-24)23(5)19(27)28-20(2,3)4/h6-7,12,15H,8-11H2,1-5H3,(H,22,25). The lowest BCUT2D eigenvalue weighted by Gasteiger charge is -2.37. The van der Waals surface area contributed by atoms with Gasteiger partial charge in [-0.2, -0.15) is 0 Å². The SMILES string of the molecule is CC(=O)Nc1cc(Br)ccc1C(=O)N1CCC(N(C)C(=O)OC(C)(C)C)CC1. The van der Waals surface area contributed by atoms with Crippen molar-refractivity contribution in [1.82, 2.24) is 9.80 Å². The molecule has 1 heterocycles. The number of nitrogens with zero attached hydrogens (tertiary/aromatic N) is 2. The van der Waals surface area contributed by atoms with Crippen LogP contribution in [0.1, 0.15) is 50.9 Å². The Hall–Kier alpha value is -2.09. The summed E-state index contributed by atoms with van der Waals surface area (Å²) in [6.07, 6.45) is 0.999. The average molecular weight is 454 g/mol. The van der Waals surface area contributed by atoms with Gasteiger partial charge in [-0.1, -0.05) is 15.9 Å². The second kappa shape index (κ2) is 8.94. The van der Waals surface area contributed by atoms with Crippen molar-refractivity contribution in [2.45, 2.75) is 52.2 Å². The van der Waals surface area contributed by atoms with Crippen LogP contribution in [0.2, 0.25) is 0 Å². The van der Waals surface area contributed by atoms with Gasteiger partial charge in [0.15, 0.2) is 0 Å². The molecule has 1 aromatic carbocycles. The fraction of sp³-hybridized carbons (Fsp3) is 0.550. The van der Waals surface area contributed by atoms with Crippen molar-refractivity contribution in [3.63, 3.8) is 0 Å². The quantitative estimate of drug-likeness (QED) is 0.752. The van der Waals surface area contributed by atoms with Gasteiger partial charge in [0.25, 0.3) is 5.91 Å². The van der Waals surface area contributed by atoms with Crippen molar-refractivity contribution in [1.29, 1.82) is 0 Å². The van der Waals surface area contributed by atoms with E-state index in [1.54, 1.807) is 35.0 Å². The van der Waals surface area contributed by atoms with E-state index in [4.69, 9.17) is 4.74 Å². The van der Waals surface area contributed by atoms with Crippen molar-refractivity contribution < 1.29 is 19.1 Å². The zero-order chi connectivity index (χ0) is 21.1. The number of rotatable bonds is 3. The Balaban J connectivity index is 2.02. The molecule has 0 atom stereocenters. The minimum Gasteiger partial charge on any atom is -0.444 e. The maximum Gasteiger partial charge on any atom is 0.410 e. The van der Waals surface area contributed by atoms with Gasteiger partial charge in [-0.3, -0.25) is 9.59 Å². The van der Waals surface area contributed by atoms with E-state index >= 15 is 0 Å². The highest BCUT2D eigenvalue weighted by Gasteiger charge is 2.31. The van der Waals surface area contributed by atoms with E-state index in [1.165, 1.54) is 6.92 Å². The van der Waals surface area contributed by atoms with Gasteiger partial charge in [0.1, 0.15) is 5.60 Å². The monoisotopic (exact) mass is 453 g/mol. The highest BCUT2D eigenvalue weighted by molar-refractivity contribution is 9.10. The summed E-state index contributed by atoms with van der Waals surface area (Å²) in [4.78, 5) is 40.1. The Morgan fingerprint density at radius 3 is 2.36 bits per heavy atom. The van der Waals surface area contributed by atoms with E-state index in [9.17, 15) is 14.4 Å². The number of hydrogen-bond donors (Lipinski definition) is 1. The minimum atomic E-state index is -0.538. The predicted octanol–water partition coefficient (Wildman–Crippen LogP) is 3.88. The summed E-state index contributed by atoms with van der Waals surface area (Å²) < 4.78 is 6.20. The molecule has 154 valence electrons. The molecule has 0 spiro atoms. The number of halogens is 1. The summed E-state index contributed by atoms with van der Waals surface area (Å²) in [6, 6.07) is 5.23. The fourth-order valence-electron chi connectivity index (χ4n) is 3.11. The van der Waals surface area contributed by atoms with Crippen LogP contribution in [0.4, 0.5) is 10.5 Å². The Morgan fingerprint density at radius 1 is 1.21 bits per heavy atom. The molecule has 1 fully saturated rings. The zero-order valence-electron chi connectivity index (χ0n) is 17.0. The van der Waals surface area contributed by atoms with E-state index < -0.39 is 5.60 Å². The van der Waals surface area contributed by atoms with Crippen LogP contribution in [0.5, 0.6) is 0 Å². The van der Waals surface area contributed by atoms with Gasteiger partial charge in [0.2, 0.25) is 5.91 Å². The van der Waals surface area contributed by atoms with Gasteiger partial charge >= 0.3 is 6.09 Å². The molecular weight excluding hydrogens is 426 g/mol. The molecule has 3 amide bonds. The molecule has 0 unspecified atom stereocenters. The third kappa shape index (κ3) is 5.95. The smallest absolute Gasteiger partial charge is 0.410 e. The number of piperidine rings is 1. The summed E-state index contributed by atoms with van der Waals surface area (Å²) in [5.74, 6) is -0.362. The lowest BCUT2D eigenvalue weighted by molar-refractivity contribution is -0.114. The third-order valence-electron chi connectivity index (χ3n) is 4.50. The first-order valence-corrected chi connectivity index (χ1v) is 10.1. The average Bonchev–Trinajstić information content (AvgIpc) is 2.59. The molecule has 7 nitrogen and oxygen atoms in total. The van der Waals surface area contributed by atoms with Crippen molar-refractivity contribution in [2.24, 2.45) is 0 Å². The van der Waals surface area contributed by atoms with Crippen molar-refractivity contribution >= 4 is 39.5 Å². The maximum absolute atomic E-state index is 13.0. The molecule has 1 saturated heterocycles. The number of nitrogens with one attached hydrogen (secondary N) is 1. The molecule has 2 rings (SSSR count). The van der Waals surface area contributed by atoms with E-state index in [1.807, 2.05) is 20.8 Å². The molecule has 8 heteroatoms.